The number of likely N-dealkylation sites (tertiary alicyclic amines) is 1. The van der Waals surface area contributed by atoms with Gasteiger partial charge in [0.25, 0.3) is 0 Å². The molecule has 1 saturated heterocycles. The fraction of sp³-hybridized carbons (Fsp3) is 0.417. The number of carbonyl (C=O) groups is 2. The maximum atomic E-state index is 12.9. The minimum Gasteiger partial charge on any atom is -0.508 e. The number of hydrogen-bond acceptors (Lipinski definition) is 5. The number of hydrogen-bond donors (Lipinski definition) is 2. The molecule has 7 nitrogen and oxygen atoms in total. The monoisotopic (exact) mass is 426 g/mol. The quantitative estimate of drug-likeness (QED) is 0.736. The maximum Gasteiger partial charge on any atom is 0.407 e. The molecule has 2 aromatic rings. The summed E-state index contributed by atoms with van der Waals surface area (Å²) in [6, 6.07) is 14.4. The molecule has 1 fully saturated rings. The Labute approximate surface area is 183 Å². The summed E-state index contributed by atoms with van der Waals surface area (Å²) in [5, 5.41) is 12.7. The van der Waals surface area contributed by atoms with E-state index in [1.165, 1.54) is 0 Å². The molecule has 1 atom stereocenters. The van der Waals surface area contributed by atoms with Crippen LogP contribution >= 0.6 is 0 Å². The van der Waals surface area contributed by atoms with Crippen LogP contribution in [0.15, 0.2) is 48.5 Å². The van der Waals surface area contributed by atoms with Gasteiger partial charge in [0.2, 0.25) is 5.91 Å². The van der Waals surface area contributed by atoms with Crippen LogP contribution in [0.4, 0.5) is 4.79 Å². The van der Waals surface area contributed by atoms with Crippen molar-refractivity contribution < 1.29 is 24.2 Å². The Hall–Kier alpha value is -3.22. The molecule has 0 bridgehead atoms. The summed E-state index contributed by atoms with van der Waals surface area (Å²) in [6.07, 6.45) is 0.302. The molecule has 7 heteroatoms. The van der Waals surface area contributed by atoms with Crippen LogP contribution in [0.3, 0.4) is 0 Å². The van der Waals surface area contributed by atoms with Crippen LogP contribution in [0.1, 0.15) is 38.3 Å². The van der Waals surface area contributed by atoms with Crippen molar-refractivity contribution in [2.75, 3.05) is 13.1 Å². The van der Waals surface area contributed by atoms with Gasteiger partial charge in [0.15, 0.2) is 0 Å². The molecule has 0 radical (unpaired) electrons. The first kappa shape index (κ1) is 22.5. The molecule has 0 unspecified atom stereocenters. The minimum atomic E-state index is -0.566. The van der Waals surface area contributed by atoms with Crippen LogP contribution in [0.25, 0.3) is 0 Å². The largest absolute Gasteiger partial charge is 0.508 e. The lowest BCUT2D eigenvalue weighted by molar-refractivity contribution is -0.129. The van der Waals surface area contributed by atoms with Crippen molar-refractivity contribution in [1.29, 1.82) is 0 Å². The highest BCUT2D eigenvalue weighted by Crippen LogP contribution is 2.26. The Morgan fingerprint density at radius 3 is 2.61 bits per heavy atom. The standard InChI is InChI=1S/C24H30N2O5/c1-24(2,3)31-23(29)25-19-11-12-26(15-19)22(28)14-18-13-20(27)9-10-21(18)30-16-17-7-5-4-6-8-17/h4-10,13,19,27H,11-12,14-16H2,1-3H3,(H,25,29)/t19-/m0/s1. The summed E-state index contributed by atoms with van der Waals surface area (Å²) in [5.41, 5.74) is 1.08. The zero-order chi connectivity index (χ0) is 22.4. The first-order chi connectivity index (χ1) is 14.7. The van der Waals surface area contributed by atoms with Crippen LogP contribution in [0.2, 0.25) is 0 Å². The van der Waals surface area contributed by atoms with E-state index in [0.717, 1.165) is 5.56 Å². The highest BCUT2D eigenvalue weighted by Gasteiger charge is 2.29. The van der Waals surface area contributed by atoms with Crippen LogP contribution in [0, 0.1) is 0 Å². The molecule has 2 N–H and O–H groups in total. The number of amides is 2. The number of phenolic OH excluding ortho intramolecular Hbond substituents is 1. The van der Waals surface area contributed by atoms with Gasteiger partial charge in [0.1, 0.15) is 23.7 Å². The molecular formula is C24H30N2O5. The third kappa shape index (κ3) is 6.91. The smallest absolute Gasteiger partial charge is 0.407 e. The van der Waals surface area contributed by atoms with Gasteiger partial charge in [-0.25, -0.2) is 4.79 Å². The number of nitrogens with zero attached hydrogens (tertiary/aromatic N) is 1. The lowest BCUT2D eigenvalue weighted by Crippen LogP contribution is -2.41. The molecule has 1 aliphatic heterocycles. The fourth-order valence-corrected chi connectivity index (χ4v) is 3.43. The molecule has 0 spiro atoms. The summed E-state index contributed by atoms with van der Waals surface area (Å²) in [7, 11) is 0. The molecular weight excluding hydrogens is 396 g/mol. The third-order valence-electron chi connectivity index (χ3n) is 4.88. The van der Waals surface area contributed by atoms with Crippen LogP contribution in [-0.2, 0) is 22.6 Å². The second-order valence-electron chi connectivity index (χ2n) is 8.71. The van der Waals surface area contributed by atoms with Gasteiger partial charge in [0, 0.05) is 18.7 Å². The Kier molecular flexibility index (Phi) is 7.05. The summed E-state index contributed by atoms with van der Waals surface area (Å²) >= 11 is 0. The van der Waals surface area contributed by atoms with Gasteiger partial charge >= 0.3 is 6.09 Å². The van der Waals surface area contributed by atoms with E-state index in [4.69, 9.17) is 9.47 Å². The van der Waals surface area contributed by atoms with Gasteiger partial charge in [-0.2, -0.15) is 0 Å². The van der Waals surface area contributed by atoms with E-state index < -0.39 is 11.7 Å². The Bertz CT molecular complexity index is 908. The van der Waals surface area contributed by atoms with Gasteiger partial charge in [-0.3, -0.25) is 4.79 Å². The van der Waals surface area contributed by atoms with E-state index in [1.54, 1.807) is 23.1 Å². The Morgan fingerprint density at radius 1 is 1.16 bits per heavy atom. The molecule has 2 aromatic carbocycles. The molecule has 0 aliphatic carbocycles. The summed E-state index contributed by atoms with van der Waals surface area (Å²) in [4.78, 5) is 26.5. The fourth-order valence-electron chi connectivity index (χ4n) is 3.43. The summed E-state index contributed by atoms with van der Waals surface area (Å²) in [5.74, 6) is 0.571. The van der Waals surface area contributed by atoms with E-state index in [9.17, 15) is 14.7 Å². The van der Waals surface area contributed by atoms with E-state index in [1.807, 2.05) is 51.1 Å². The van der Waals surface area contributed by atoms with Gasteiger partial charge < -0.3 is 24.8 Å². The van der Waals surface area contributed by atoms with Crippen molar-refractivity contribution in [3.8, 4) is 11.5 Å². The minimum absolute atomic E-state index is 0.0800. The van der Waals surface area contributed by atoms with Crippen molar-refractivity contribution in [2.24, 2.45) is 0 Å². The molecule has 1 heterocycles. The third-order valence-corrected chi connectivity index (χ3v) is 4.88. The normalized spacial score (nSPS) is 16.1. The average molecular weight is 427 g/mol. The lowest BCUT2D eigenvalue weighted by atomic mass is 10.1. The van der Waals surface area contributed by atoms with E-state index >= 15 is 0 Å². The van der Waals surface area contributed by atoms with Crippen LogP contribution in [-0.4, -0.2) is 46.7 Å². The Balaban J connectivity index is 1.57. The van der Waals surface area contributed by atoms with Gasteiger partial charge in [-0.15, -0.1) is 0 Å². The van der Waals surface area contributed by atoms with Crippen molar-refractivity contribution in [3.63, 3.8) is 0 Å². The van der Waals surface area contributed by atoms with E-state index in [0.29, 0.717) is 37.4 Å². The van der Waals surface area contributed by atoms with Crippen molar-refractivity contribution in [2.45, 2.75) is 51.9 Å². The Morgan fingerprint density at radius 2 is 1.90 bits per heavy atom. The number of ether oxygens (including phenoxy) is 2. The van der Waals surface area contributed by atoms with E-state index in [2.05, 4.69) is 5.32 Å². The molecule has 3 rings (SSSR count). The molecule has 1 aliphatic rings. The van der Waals surface area contributed by atoms with Crippen molar-refractivity contribution in [3.05, 3.63) is 59.7 Å². The molecule has 2 amide bonds. The predicted octanol–water partition coefficient (Wildman–Crippen LogP) is 3.64. The van der Waals surface area contributed by atoms with Gasteiger partial charge in [-0.1, -0.05) is 30.3 Å². The van der Waals surface area contributed by atoms with Gasteiger partial charge in [0.05, 0.1) is 12.5 Å². The maximum absolute atomic E-state index is 12.9. The molecule has 0 aromatic heterocycles. The number of nitrogens with one attached hydrogen (secondary N) is 1. The average Bonchev–Trinajstić information content (AvgIpc) is 3.15. The van der Waals surface area contributed by atoms with Crippen molar-refractivity contribution in [1.82, 2.24) is 10.2 Å². The highest BCUT2D eigenvalue weighted by molar-refractivity contribution is 5.80. The second-order valence-corrected chi connectivity index (χ2v) is 8.71. The number of alkyl carbamates (subject to hydrolysis) is 1. The zero-order valence-corrected chi connectivity index (χ0v) is 18.3. The van der Waals surface area contributed by atoms with E-state index in [-0.39, 0.29) is 24.1 Å². The highest BCUT2D eigenvalue weighted by atomic mass is 16.6. The number of carbonyl (C=O) groups excluding carboxylic acids is 2. The van der Waals surface area contributed by atoms with Gasteiger partial charge in [-0.05, 0) is 51.0 Å². The van der Waals surface area contributed by atoms with Crippen LogP contribution in [0.5, 0.6) is 11.5 Å². The zero-order valence-electron chi connectivity index (χ0n) is 18.3. The predicted molar refractivity (Wildman–Crippen MR) is 117 cm³/mol. The second kappa shape index (κ2) is 9.73. The number of benzene rings is 2. The first-order valence-electron chi connectivity index (χ1n) is 10.5. The molecule has 31 heavy (non-hydrogen) atoms. The molecule has 166 valence electrons. The summed E-state index contributed by atoms with van der Waals surface area (Å²) < 4.78 is 11.2. The number of aromatic hydroxyl groups is 1. The van der Waals surface area contributed by atoms with Crippen molar-refractivity contribution >= 4 is 12.0 Å². The summed E-state index contributed by atoms with van der Waals surface area (Å²) in [6.45, 7) is 6.78. The van der Waals surface area contributed by atoms with Crippen LogP contribution < -0.4 is 10.1 Å². The topological polar surface area (TPSA) is 88.1 Å². The SMILES string of the molecule is CC(C)(C)OC(=O)N[C@H]1CCN(C(=O)Cc2cc(O)ccc2OCc2ccccc2)C1. The number of phenols is 1. The first-order valence-corrected chi connectivity index (χ1v) is 10.5. The molecule has 0 saturated carbocycles. The lowest BCUT2D eigenvalue weighted by Gasteiger charge is -2.22. The number of rotatable bonds is 6.